The third-order valence-electron chi connectivity index (χ3n) is 3.73. The molecule has 0 saturated heterocycles. The number of amides is 1. The average Bonchev–Trinajstić information content (AvgIpc) is 2.69. The molecule has 3 aromatic rings. The lowest BCUT2D eigenvalue weighted by molar-refractivity contribution is 0.102. The molecular formula is C19H16ClN3O4S. The Balaban J connectivity index is 1.86. The fourth-order valence-electron chi connectivity index (χ4n) is 2.41. The molecule has 7 nitrogen and oxygen atoms in total. The maximum Gasteiger partial charge on any atom is 0.262 e. The lowest BCUT2D eigenvalue weighted by Crippen LogP contribution is -2.16. The van der Waals surface area contributed by atoms with Crippen LogP contribution in [0, 0.1) is 0 Å². The molecule has 2 aromatic carbocycles. The number of aromatic nitrogens is 1. The number of benzene rings is 2. The predicted octanol–water partition coefficient (Wildman–Crippen LogP) is 3.80. The zero-order chi connectivity index (χ0) is 20.1. The normalized spacial score (nSPS) is 10.9. The summed E-state index contributed by atoms with van der Waals surface area (Å²) >= 11 is 5.94. The summed E-state index contributed by atoms with van der Waals surface area (Å²) in [6.07, 6.45) is 3.07. The highest BCUT2D eigenvalue weighted by molar-refractivity contribution is 7.92. The number of pyridine rings is 1. The summed E-state index contributed by atoms with van der Waals surface area (Å²) in [7, 11) is -2.55. The number of methoxy groups -OCH3 is 1. The van der Waals surface area contributed by atoms with E-state index in [1.807, 2.05) is 0 Å². The van der Waals surface area contributed by atoms with E-state index < -0.39 is 15.9 Å². The van der Waals surface area contributed by atoms with Gasteiger partial charge in [0.2, 0.25) is 0 Å². The smallest absolute Gasteiger partial charge is 0.262 e. The van der Waals surface area contributed by atoms with Gasteiger partial charge in [0.1, 0.15) is 5.75 Å². The second-order valence-electron chi connectivity index (χ2n) is 5.67. The molecule has 28 heavy (non-hydrogen) atoms. The summed E-state index contributed by atoms with van der Waals surface area (Å²) in [5, 5.41) is 3.01. The number of halogens is 1. The van der Waals surface area contributed by atoms with Crippen LogP contribution in [0.25, 0.3) is 0 Å². The molecule has 144 valence electrons. The molecule has 1 amide bonds. The van der Waals surface area contributed by atoms with Crippen LogP contribution in [0.3, 0.4) is 0 Å². The highest BCUT2D eigenvalue weighted by atomic mass is 35.5. The number of nitrogens with zero attached hydrogens (tertiary/aromatic N) is 1. The van der Waals surface area contributed by atoms with Crippen LogP contribution < -0.4 is 14.8 Å². The van der Waals surface area contributed by atoms with Crippen molar-refractivity contribution in [1.29, 1.82) is 0 Å². The van der Waals surface area contributed by atoms with Gasteiger partial charge in [-0.05, 0) is 48.5 Å². The van der Waals surface area contributed by atoms with Crippen LogP contribution in [0.4, 0.5) is 11.4 Å². The number of hydrogen-bond acceptors (Lipinski definition) is 5. The quantitative estimate of drug-likeness (QED) is 0.635. The lowest BCUT2D eigenvalue weighted by Gasteiger charge is -2.13. The van der Waals surface area contributed by atoms with Gasteiger partial charge in [-0.3, -0.25) is 14.5 Å². The third-order valence-corrected chi connectivity index (χ3v) is 5.33. The molecule has 0 aliphatic rings. The molecule has 1 aromatic heterocycles. The van der Waals surface area contributed by atoms with Gasteiger partial charge in [-0.1, -0.05) is 17.7 Å². The van der Waals surface area contributed by atoms with Crippen LogP contribution in [0.1, 0.15) is 10.4 Å². The van der Waals surface area contributed by atoms with Gasteiger partial charge >= 0.3 is 0 Å². The fraction of sp³-hybridized carbons (Fsp3) is 0.0526. The Morgan fingerprint density at radius 3 is 2.64 bits per heavy atom. The molecule has 0 bridgehead atoms. The average molecular weight is 418 g/mol. The predicted molar refractivity (Wildman–Crippen MR) is 107 cm³/mol. The first kappa shape index (κ1) is 19.7. The van der Waals surface area contributed by atoms with Crippen LogP contribution in [0.2, 0.25) is 5.02 Å². The fourth-order valence-corrected chi connectivity index (χ4v) is 3.69. The van der Waals surface area contributed by atoms with E-state index in [1.54, 1.807) is 30.5 Å². The molecule has 0 saturated carbocycles. The zero-order valence-electron chi connectivity index (χ0n) is 14.7. The Hall–Kier alpha value is -3.10. The van der Waals surface area contributed by atoms with Gasteiger partial charge in [0, 0.05) is 16.8 Å². The Bertz CT molecular complexity index is 1110. The molecule has 3 rings (SSSR count). The van der Waals surface area contributed by atoms with Gasteiger partial charge in [-0.2, -0.15) is 0 Å². The van der Waals surface area contributed by atoms with Gasteiger partial charge < -0.3 is 10.1 Å². The molecule has 2 N–H and O–H groups in total. The largest absolute Gasteiger partial charge is 0.495 e. The molecule has 0 fully saturated rings. The second kappa shape index (κ2) is 8.28. The maximum absolute atomic E-state index is 12.8. The van der Waals surface area contributed by atoms with Crippen molar-refractivity contribution >= 4 is 38.9 Å². The minimum atomic E-state index is -3.97. The summed E-state index contributed by atoms with van der Waals surface area (Å²) in [5.41, 5.74) is 0.882. The Morgan fingerprint density at radius 2 is 1.93 bits per heavy atom. The number of anilines is 2. The van der Waals surface area contributed by atoms with Crippen molar-refractivity contribution in [2.75, 3.05) is 17.1 Å². The van der Waals surface area contributed by atoms with Gasteiger partial charge in [0.15, 0.2) is 0 Å². The van der Waals surface area contributed by atoms with Gasteiger partial charge in [-0.15, -0.1) is 0 Å². The SMILES string of the molecule is COc1ccc(Cl)cc1NS(=O)(=O)c1cccc(C(=O)Nc2cccnc2)c1. The van der Waals surface area contributed by atoms with Crippen LogP contribution in [0.5, 0.6) is 5.75 Å². The topological polar surface area (TPSA) is 97.4 Å². The summed E-state index contributed by atoms with van der Waals surface area (Å²) in [6, 6.07) is 13.6. The standard InChI is InChI=1S/C19H16ClN3O4S/c1-27-18-8-7-14(20)11-17(18)23-28(25,26)16-6-2-4-13(10-16)19(24)22-15-5-3-9-21-12-15/h2-12,23H,1H3,(H,22,24). The van der Waals surface area contributed by atoms with E-state index in [9.17, 15) is 13.2 Å². The molecule has 0 aliphatic carbocycles. The number of hydrogen-bond donors (Lipinski definition) is 2. The van der Waals surface area contributed by atoms with Crippen LogP contribution in [-0.4, -0.2) is 26.4 Å². The van der Waals surface area contributed by atoms with Crippen molar-refractivity contribution < 1.29 is 17.9 Å². The molecule has 1 heterocycles. The van der Waals surface area contributed by atoms with Crippen LogP contribution >= 0.6 is 11.6 Å². The van der Waals surface area contributed by atoms with Crippen molar-refractivity contribution in [1.82, 2.24) is 4.98 Å². The van der Waals surface area contributed by atoms with E-state index in [2.05, 4.69) is 15.0 Å². The number of ether oxygens (including phenoxy) is 1. The minimum absolute atomic E-state index is 0.0756. The zero-order valence-corrected chi connectivity index (χ0v) is 16.3. The first-order valence-corrected chi connectivity index (χ1v) is 9.93. The van der Waals surface area contributed by atoms with E-state index in [0.717, 1.165) is 0 Å². The van der Waals surface area contributed by atoms with Crippen molar-refractivity contribution in [3.8, 4) is 5.75 Å². The van der Waals surface area contributed by atoms with Crippen molar-refractivity contribution in [3.63, 3.8) is 0 Å². The molecule has 0 spiro atoms. The molecule has 0 atom stereocenters. The lowest BCUT2D eigenvalue weighted by atomic mass is 10.2. The number of rotatable bonds is 6. The second-order valence-corrected chi connectivity index (χ2v) is 7.79. The Labute approximate surface area is 167 Å². The monoisotopic (exact) mass is 417 g/mol. The van der Waals surface area contributed by atoms with Gasteiger partial charge in [-0.25, -0.2) is 8.42 Å². The Kier molecular flexibility index (Phi) is 5.81. The molecule has 9 heteroatoms. The first-order valence-electron chi connectivity index (χ1n) is 8.07. The number of nitrogens with one attached hydrogen (secondary N) is 2. The van der Waals surface area contributed by atoms with E-state index >= 15 is 0 Å². The third kappa shape index (κ3) is 4.59. The number of carbonyl (C=O) groups excluding carboxylic acids is 1. The Morgan fingerprint density at radius 1 is 1.11 bits per heavy atom. The van der Waals surface area contributed by atoms with E-state index in [1.165, 1.54) is 43.6 Å². The minimum Gasteiger partial charge on any atom is -0.495 e. The van der Waals surface area contributed by atoms with Crippen molar-refractivity contribution in [2.24, 2.45) is 0 Å². The van der Waals surface area contributed by atoms with Crippen LogP contribution in [-0.2, 0) is 10.0 Å². The van der Waals surface area contributed by atoms with E-state index in [0.29, 0.717) is 16.5 Å². The van der Waals surface area contributed by atoms with Crippen LogP contribution in [0.15, 0.2) is 71.9 Å². The van der Waals surface area contributed by atoms with Crippen molar-refractivity contribution in [3.05, 3.63) is 77.6 Å². The molecule has 0 unspecified atom stereocenters. The summed E-state index contributed by atoms with van der Waals surface area (Å²) < 4.78 is 33.1. The van der Waals surface area contributed by atoms with Crippen molar-refractivity contribution in [2.45, 2.75) is 4.90 Å². The number of sulfonamides is 1. The molecule has 0 aliphatic heterocycles. The molecule has 0 radical (unpaired) electrons. The van der Waals surface area contributed by atoms with Gasteiger partial charge in [0.05, 0.1) is 29.6 Å². The number of carbonyl (C=O) groups is 1. The highest BCUT2D eigenvalue weighted by Gasteiger charge is 2.19. The maximum atomic E-state index is 12.8. The summed E-state index contributed by atoms with van der Waals surface area (Å²) in [4.78, 5) is 16.2. The first-order chi connectivity index (χ1) is 13.4. The van der Waals surface area contributed by atoms with E-state index in [4.69, 9.17) is 16.3 Å². The highest BCUT2D eigenvalue weighted by Crippen LogP contribution is 2.30. The molecular weight excluding hydrogens is 402 g/mol. The van der Waals surface area contributed by atoms with Gasteiger partial charge in [0.25, 0.3) is 15.9 Å². The summed E-state index contributed by atoms with van der Waals surface area (Å²) in [5.74, 6) is -0.135. The van der Waals surface area contributed by atoms with E-state index in [-0.39, 0.29) is 16.1 Å². The summed E-state index contributed by atoms with van der Waals surface area (Å²) in [6.45, 7) is 0.